The van der Waals surface area contributed by atoms with E-state index >= 15 is 0 Å². The SMILES string of the molecule is Cc1ccc(CN2CC(C)(C)OC(C)(C)C2)cc1C(C)(C)C. The number of hydrogen-bond acceptors (Lipinski definition) is 2. The first-order chi connectivity index (χ1) is 9.88. The van der Waals surface area contributed by atoms with Gasteiger partial charge in [0.25, 0.3) is 0 Å². The minimum atomic E-state index is -0.0840. The first-order valence-electron chi connectivity index (χ1n) is 8.41. The van der Waals surface area contributed by atoms with E-state index in [1.807, 2.05) is 0 Å². The van der Waals surface area contributed by atoms with Gasteiger partial charge in [-0.1, -0.05) is 39.0 Å². The van der Waals surface area contributed by atoms with Crippen LogP contribution in [0.15, 0.2) is 18.2 Å². The fourth-order valence-corrected chi connectivity index (χ4v) is 3.89. The third kappa shape index (κ3) is 4.33. The average Bonchev–Trinajstić information content (AvgIpc) is 2.25. The molecule has 0 amide bonds. The summed E-state index contributed by atoms with van der Waals surface area (Å²) >= 11 is 0. The molecule has 0 radical (unpaired) electrons. The lowest BCUT2D eigenvalue weighted by Crippen LogP contribution is -2.56. The van der Waals surface area contributed by atoms with Crippen LogP contribution >= 0.6 is 0 Å². The molecule has 0 N–H and O–H groups in total. The molecular formula is C20H33NO. The Hall–Kier alpha value is -0.860. The Bertz CT molecular complexity index is 521. The minimum absolute atomic E-state index is 0.0840. The van der Waals surface area contributed by atoms with Crippen LogP contribution in [-0.4, -0.2) is 29.2 Å². The van der Waals surface area contributed by atoms with Crippen LogP contribution in [0.2, 0.25) is 0 Å². The highest BCUT2D eigenvalue weighted by molar-refractivity contribution is 5.35. The zero-order valence-corrected chi connectivity index (χ0v) is 15.7. The van der Waals surface area contributed by atoms with E-state index in [9.17, 15) is 0 Å². The largest absolute Gasteiger partial charge is 0.367 e. The molecule has 0 saturated carbocycles. The summed E-state index contributed by atoms with van der Waals surface area (Å²) in [4.78, 5) is 2.53. The molecule has 1 aromatic carbocycles. The number of rotatable bonds is 2. The molecule has 22 heavy (non-hydrogen) atoms. The maximum atomic E-state index is 6.18. The van der Waals surface area contributed by atoms with E-state index in [0.717, 1.165) is 19.6 Å². The molecule has 2 heteroatoms. The second-order valence-electron chi connectivity index (χ2n) is 9.17. The highest BCUT2D eigenvalue weighted by Gasteiger charge is 2.37. The van der Waals surface area contributed by atoms with E-state index in [4.69, 9.17) is 4.74 Å². The molecule has 1 aliphatic rings. The highest BCUT2D eigenvalue weighted by Crippen LogP contribution is 2.30. The lowest BCUT2D eigenvalue weighted by molar-refractivity contribution is -0.182. The van der Waals surface area contributed by atoms with Crippen molar-refractivity contribution in [3.63, 3.8) is 0 Å². The van der Waals surface area contributed by atoms with Gasteiger partial charge in [0.2, 0.25) is 0 Å². The van der Waals surface area contributed by atoms with E-state index < -0.39 is 0 Å². The van der Waals surface area contributed by atoms with Crippen LogP contribution in [0.25, 0.3) is 0 Å². The van der Waals surface area contributed by atoms with Crippen LogP contribution < -0.4 is 0 Å². The fraction of sp³-hybridized carbons (Fsp3) is 0.700. The van der Waals surface area contributed by atoms with Crippen LogP contribution in [0, 0.1) is 6.92 Å². The van der Waals surface area contributed by atoms with Crippen molar-refractivity contribution in [1.29, 1.82) is 0 Å². The van der Waals surface area contributed by atoms with Crippen LogP contribution in [0.5, 0.6) is 0 Å². The molecule has 0 spiro atoms. The summed E-state index contributed by atoms with van der Waals surface area (Å²) < 4.78 is 6.18. The highest BCUT2D eigenvalue weighted by atomic mass is 16.5. The molecule has 2 rings (SSSR count). The Morgan fingerprint density at radius 3 is 2.09 bits per heavy atom. The Morgan fingerprint density at radius 2 is 1.59 bits per heavy atom. The van der Waals surface area contributed by atoms with Crippen molar-refractivity contribution in [2.45, 2.75) is 78.6 Å². The van der Waals surface area contributed by atoms with E-state index in [-0.39, 0.29) is 16.6 Å². The Labute approximate surface area is 136 Å². The monoisotopic (exact) mass is 303 g/mol. The van der Waals surface area contributed by atoms with Crippen LogP contribution in [-0.2, 0) is 16.7 Å². The topological polar surface area (TPSA) is 12.5 Å². The predicted octanol–water partition coefficient (Wildman–Crippen LogP) is 4.68. The van der Waals surface area contributed by atoms with Crippen molar-refractivity contribution in [3.05, 3.63) is 34.9 Å². The summed E-state index contributed by atoms with van der Waals surface area (Å²) in [7, 11) is 0. The molecular weight excluding hydrogens is 270 g/mol. The minimum Gasteiger partial charge on any atom is -0.367 e. The zero-order valence-electron chi connectivity index (χ0n) is 15.7. The normalized spacial score (nSPS) is 21.8. The van der Waals surface area contributed by atoms with Gasteiger partial charge >= 0.3 is 0 Å². The van der Waals surface area contributed by atoms with Crippen LogP contribution in [0.1, 0.15) is 65.2 Å². The Morgan fingerprint density at radius 1 is 1.05 bits per heavy atom. The third-order valence-electron chi connectivity index (χ3n) is 4.28. The molecule has 1 saturated heterocycles. The number of nitrogens with zero attached hydrogens (tertiary/aromatic N) is 1. The molecule has 1 fully saturated rings. The lowest BCUT2D eigenvalue weighted by Gasteiger charge is -2.47. The summed E-state index contributed by atoms with van der Waals surface area (Å²) in [6, 6.07) is 6.94. The number of ether oxygens (including phenoxy) is 1. The second-order valence-corrected chi connectivity index (χ2v) is 9.17. The Kier molecular flexibility index (Phi) is 4.49. The maximum absolute atomic E-state index is 6.18. The van der Waals surface area contributed by atoms with Gasteiger partial charge < -0.3 is 4.74 Å². The van der Waals surface area contributed by atoms with Crippen molar-refractivity contribution in [3.8, 4) is 0 Å². The van der Waals surface area contributed by atoms with E-state index in [1.165, 1.54) is 16.7 Å². The van der Waals surface area contributed by atoms with Crippen molar-refractivity contribution in [1.82, 2.24) is 4.90 Å². The van der Waals surface area contributed by atoms with Gasteiger partial charge in [0.15, 0.2) is 0 Å². The molecule has 2 nitrogen and oxygen atoms in total. The predicted molar refractivity (Wildman–Crippen MR) is 94.4 cm³/mol. The smallest absolute Gasteiger partial charge is 0.0760 e. The maximum Gasteiger partial charge on any atom is 0.0760 e. The summed E-state index contributed by atoms with van der Waals surface area (Å²) in [6.07, 6.45) is 0. The number of morpholine rings is 1. The van der Waals surface area contributed by atoms with E-state index in [1.54, 1.807) is 0 Å². The molecule has 1 heterocycles. The van der Waals surface area contributed by atoms with Gasteiger partial charge in [0.1, 0.15) is 0 Å². The number of aryl methyl sites for hydroxylation is 1. The molecule has 0 bridgehead atoms. The number of benzene rings is 1. The third-order valence-corrected chi connectivity index (χ3v) is 4.28. The number of hydrogen-bond donors (Lipinski definition) is 0. The molecule has 1 aliphatic heterocycles. The molecule has 124 valence electrons. The fourth-order valence-electron chi connectivity index (χ4n) is 3.89. The first-order valence-corrected chi connectivity index (χ1v) is 8.41. The van der Waals surface area contributed by atoms with Crippen LogP contribution in [0.3, 0.4) is 0 Å². The summed E-state index contributed by atoms with van der Waals surface area (Å²) in [5, 5.41) is 0. The Balaban J connectivity index is 2.20. The molecule has 0 aromatic heterocycles. The van der Waals surface area contributed by atoms with Gasteiger partial charge in [0.05, 0.1) is 11.2 Å². The van der Waals surface area contributed by atoms with Crippen molar-refractivity contribution >= 4 is 0 Å². The van der Waals surface area contributed by atoms with E-state index in [2.05, 4.69) is 78.5 Å². The quantitative estimate of drug-likeness (QED) is 0.786. The molecule has 1 aromatic rings. The van der Waals surface area contributed by atoms with E-state index in [0.29, 0.717) is 0 Å². The van der Waals surface area contributed by atoms with Crippen LogP contribution in [0.4, 0.5) is 0 Å². The standard InChI is InChI=1S/C20H33NO/c1-15-9-10-16(11-17(15)18(2,3)4)12-21-13-19(5,6)22-20(7,8)14-21/h9-11H,12-14H2,1-8H3. The molecule has 0 unspecified atom stereocenters. The van der Waals surface area contributed by atoms with Crippen molar-refractivity contribution in [2.24, 2.45) is 0 Å². The van der Waals surface area contributed by atoms with Gasteiger partial charge in [-0.05, 0) is 56.7 Å². The van der Waals surface area contributed by atoms with Gasteiger partial charge in [0, 0.05) is 19.6 Å². The van der Waals surface area contributed by atoms with Gasteiger partial charge in [-0.2, -0.15) is 0 Å². The molecule has 0 aliphatic carbocycles. The van der Waals surface area contributed by atoms with Gasteiger partial charge in [-0.15, -0.1) is 0 Å². The lowest BCUT2D eigenvalue weighted by atomic mass is 9.83. The first kappa shape index (κ1) is 17.5. The van der Waals surface area contributed by atoms with Gasteiger partial charge in [-0.3, -0.25) is 4.90 Å². The van der Waals surface area contributed by atoms with Crippen molar-refractivity contribution in [2.75, 3.05) is 13.1 Å². The van der Waals surface area contributed by atoms with Gasteiger partial charge in [-0.25, -0.2) is 0 Å². The summed E-state index contributed by atoms with van der Waals surface area (Å²) in [5.74, 6) is 0. The summed E-state index contributed by atoms with van der Waals surface area (Å²) in [5.41, 5.74) is 4.28. The average molecular weight is 303 g/mol. The molecule has 0 atom stereocenters. The zero-order chi connectivity index (χ0) is 16.8. The second kappa shape index (κ2) is 5.65. The summed E-state index contributed by atoms with van der Waals surface area (Å²) in [6.45, 7) is 20.8. The van der Waals surface area contributed by atoms with Crippen molar-refractivity contribution < 1.29 is 4.74 Å².